The SMILES string of the molecule is CCNc1cc(NC2CCCCC2O)nc(C(C)C)n1. The fourth-order valence-corrected chi connectivity index (χ4v) is 2.54. The molecule has 0 spiro atoms. The molecule has 0 bridgehead atoms. The molecule has 0 amide bonds. The average molecular weight is 278 g/mol. The second-order valence-electron chi connectivity index (χ2n) is 5.78. The summed E-state index contributed by atoms with van der Waals surface area (Å²) in [6.07, 6.45) is 3.88. The van der Waals surface area contributed by atoms with E-state index in [-0.39, 0.29) is 18.1 Å². The number of hydrogen-bond donors (Lipinski definition) is 3. The summed E-state index contributed by atoms with van der Waals surface area (Å²) in [6, 6.07) is 2.03. The Kier molecular flexibility index (Phi) is 5.17. The van der Waals surface area contributed by atoms with E-state index in [2.05, 4.69) is 41.4 Å². The van der Waals surface area contributed by atoms with Gasteiger partial charge < -0.3 is 15.7 Å². The molecule has 0 aromatic carbocycles. The minimum Gasteiger partial charge on any atom is -0.391 e. The van der Waals surface area contributed by atoms with Crippen LogP contribution in [0.5, 0.6) is 0 Å². The summed E-state index contributed by atoms with van der Waals surface area (Å²) in [5, 5.41) is 16.7. The Bertz CT molecular complexity index is 436. The first kappa shape index (κ1) is 15.0. The van der Waals surface area contributed by atoms with Gasteiger partial charge in [-0.15, -0.1) is 0 Å². The van der Waals surface area contributed by atoms with Crippen molar-refractivity contribution < 1.29 is 5.11 Å². The molecule has 0 saturated heterocycles. The standard InChI is InChI=1S/C15H26N4O/c1-4-16-13-9-14(19-15(18-13)10(2)3)17-11-7-5-6-8-12(11)20/h9-12,20H,4-8H2,1-3H3,(H2,16,17,18,19). The number of aliphatic hydroxyl groups excluding tert-OH is 1. The lowest BCUT2D eigenvalue weighted by Crippen LogP contribution is -2.36. The van der Waals surface area contributed by atoms with Crippen molar-refractivity contribution in [3.8, 4) is 0 Å². The quantitative estimate of drug-likeness (QED) is 0.772. The summed E-state index contributed by atoms with van der Waals surface area (Å²) in [5.74, 6) is 2.77. The van der Waals surface area contributed by atoms with E-state index >= 15 is 0 Å². The lowest BCUT2D eigenvalue weighted by molar-refractivity contribution is 0.116. The smallest absolute Gasteiger partial charge is 0.135 e. The van der Waals surface area contributed by atoms with Crippen LogP contribution in [0.25, 0.3) is 0 Å². The van der Waals surface area contributed by atoms with Crippen LogP contribution in [0.2, 0.25) is 0 Å². The van der Waals surface area contributed by atoms with Crippen molar-refractivity contribution in [2.24, 2.45) is 0 Å². The number of aromatic nitrogens is 2. The van der Waals surface area contributed by atoms with E-state index in [9.17, 15) is 5.11 Å². The van der Waals surface area contributed by atoms with E-state index < -0.39 is 0 Å². The zero-order valence-electron chi connectivity index (χ0n) is 12.7. The lowest BCUT2D eigenvalue weighted by Gasteiger charge is -2.29. The molecule has 1 aromatic rings. The third kappa shape index (κ3) is 3.82. The highest BCUT2D eigenvalue weighted by atomic mass is 16.3. The van der Waals surface area contributed by atoms with Crippen molar-refractivity contribution in [2.45, 2.75) is 64.5 Å². The molecule has 2 rings (SSSR count). The number of nitrogens with one attached hydrogen (secondary N) is 2. The van der Waals surface area contributed by atoms with E-state index in [4.69, 9.17) is 0 Å². The fraction of sp³-hybridized carbons (Fsp3) is 0.733. The Balaban J connectivity index is 2.16. The van der Waals surface area contributed by atoms with Crippen molar-refractivity contribution in [2.75, 3.05) is 17.2 Å². The van der Waals surface area contributed by atoms with Gasteiger partial charge in [0.15, 0.2) is 0 Å². The highest BCUT2D eigenvalue weighted by Gasteiger charge is 2.23. The predicted octanol–water partition coefficient (Wildman–Crippen LogP) is 2.75. The van der Waals surface area contributed by atoms with Gasteiger partial charge >= 0.3 is 0 Å². The van der Waals surface area contributed by atoms with Gasteiger partial charge in [0.25, 0.3) is 0 Å². The Morgan fingerprint density at radius 3 is 2.60 bits per heavy atom. The van der Waals surface area contributed by atoms with Crippen molar-refractivity contribution in [1.29, 1.82) is 0 Å². The molecule has 20 heavy (non-hydrogen) atoms. The van der Waals surface area contributed by atoms with E-state index in [1.807, 2.05) is 6.07 Å². The first-order valence-electron chi connectivity index (χ1n) is 7.67. The molecule has 1 aliphatic rings. The second kappa shape index (κ2) is 6.88. The van der Waals surface area contributed by atoms with Gasteiger partial charge in [-0.2, -0.15) is 0 Å². The Hall–Kier alpha value is -1.36. The molecule has 5 heteroatoms. The molecule has 1 aromatic heterocycles. The third-order valence-electron chi connectivity index (χ3n) is 3.68. The van der Waals surface area contributed by atoms with Gasteiger partial charge in [0.1, 0.15) is 17.5 Å². The maximum absolute atomic E-state index is 10.1. The van der Waals surface area contributed by atoms with Crippen LogP contribution in [0, 0.1) is 0 Å². The minimum absolute atomic E-state index is 0.105. The van der Waals surface area contributed by atoms with Gasteiger partial charge in [0.2, 0.25) is 0 Å². The van der Waals surface area contributed by atoms with Crippen LogP contribution in [0.1, 0.15) is 58.2 Å². The molecule has 1 aliphatic carbocycles. The normalized spacial score (nSPS) is 22.9. The summed E-state index contributed by atoms with van der Waals surface area (Å²) < 4.78 is 0. The van der Waals surface area contributed by atoms with Crippen molar-refractivity contribution in [1.82, 2.24) is 9.97 Å². The van der Waals surface area contributed by atoms with Crippen LogP contribution < -0.4 is 10.6 Å². The monoisotopic (exact) mass is 278 g/mol. The molecule has 1 heterocycles. The number of rotatable bonds is 5. The molecule has 1 saturated carbocycles. The molecular weight excluding hydrogens is 252 g/mol. The van der Waals surface area contributed by atoms with Crippen LogP contribution in [0.15, 0.2) is 6.07 Å². The molecule has 5 nitrogen and oxygen atoms in total. The summed E-state index contributed by atoms with van der Waals surface area (Å²) in [6.45, 7) is 7.06. The van der Waals surface area contributed by atoms with Crippen LogP contribution in [-0.4, -0.2) is 33.8 Å². The van der Waals surface area contributed by atoms with Crippen LogP contribution in [-0.2, 0) is 0 Å². The number of hydrogen-bond acceptors (Lipinski definition) is 5. The van der Waals surface area contributed by atoms with E-state index in [1.165, 1.54) is 0 Å². The van der Waals surface area contributed by atoms with Gasteiger partial charge in [-0.3, -0.25) is 0 Å². The second-order valence-corrected chi connectivity index (χ2v) is 5.78. The topological polar surface area (TPSA) is 70.1 Å². The number of aliphatic hydroxyl groups is 1. The first-order valence-corrected chi connectivity index (χ1v) is 7.67. The van der Waals surface area contributed by atoms with Gasteiger partial charge in [-0.25, -0.2) is 9.97 Å². The molecule has 1 fully saturated rings. The third-order valence-corrected chi connectivity index (χ3v) is 3.68. The zero-order valence-corrected chi connectivity index (χ0v) is 12.7. The van der Waals surface area contributed by atoms with E-state index in [1.54, 1.807) is 0 Å². The molecule has 0 radical (unpaired) electrons. The van der Waals surface area contributed by atoms with Gasteiger partial charge in [0, 0.05) is 18.5 Å². The summed E-state index contributed by atoms with van der Waals surface area (Å²) >= 11 is 0. The largest absolute Gasteiger partial charge is 0.391 e. The summed E-state index contributed by atoms with van der Waals surface area (Å²) in [4.78, 5) is 9.08. The van der Waals surface area contributed by atoms with Crippen molar-refractivity contribution in [3.05, 3.63) is 11.9 Å². The number of anilines is 2. The molecule has 3 N–H and O–H groups in total. The van der Waals surface area contributed by atoms with Crippen molar-refractivity contribution in [3.63, 3.8) is 0 Å². The molecule has 2 unspecified atom stereocenters. The van der Waals surface area contributed by atoms with Crippen molar-refractivity contribution >= 4 is 11.6 Å². The van der Waals surface area contributed by atoms with Gasteiger partial charge in [0.05, 0.1) is 12.1 Å². The molecule has 2 atom stereocenters. The maximum Gasteiger partial charge on any atom is 0.135 e. The number of nitrogens with zero attached hydrogens (tertiary/aromatic N) is 2. The molecular formula is C15H26N4O. The Morgan fingerprint density at radius 1 is 1.25 bits per heavy atom. The van der Waals surface area contributed by atoms with Gasteiger partial charge in [-0.1, -0.05) is 26.7 Å². The van der Waals surface area contributed by atoms with E-state index in [0.29, 0.717) is 0 Å². The minimum atomic E-state index is -0.274. The highest BCUT2D eigenvalue weighted by Crippen LogP contribution is 2.23. The summed E-state index contributed by atoms with van der Waals surface area (Å²) in [5.41, 5.74) is 0. The van der Waals surface area contributed by atoms with Crippen LogP contribution >= 0.6 is 0 Å². The summed E-state index contributed by atoms with van der Waals surface area (Å²) in [7, 11) is 0. The fourth-order valence-electron chi connectivity index (χ4n) is 2.54. The average Bonchev–Trinajstić information content (AvgIpc) is 2.41. The maximum atomic E-state index is 10.1. The Labute approximate surface area is 121 Å². The van der Waals surface area contributed by atoms with E-state index in [0.717, 1.165) is 49.7 Å². The zero-order chi connectivity index (χ0) is 14.5. The Morgan fingerprint density at radius 2 is 1.95 bits per heavy atom. The van der Waals surface area contributed by atoms with Crippen LogP contribution in [0.3, 0.4) is 0 Å². The van der Waals surface area contributed by atoms with Crippen LogP contribution in [0.4, 0.5) is 11.6 Å². The molecule has 0 aliphatic heterocycles. The predicted molar refractivity (Wildman–Crippen MR) is 82.2 cm³/mol. The lowest BCUT2D eigenvalue weighted by atomic mass is 9.92. The van der Waals surface area contributed by atoms with Gasteiger partial charge in [-0.05, 0) is 19.8 Å². The highest BCUT2D eigenvalue weighted by molar-refractivity contribution is 5.48. The molecule has 112 valence electrons. The first-order chi connectivity index (χ1) is 9.60.